The average molecular weight is 382 g/mol. The summed E-state index contributed by atoms with van der Waals surface area (Å²) in [6.07, 6.45) is 1.61. The highest BCUT2D eigenvalue weighted by Crippen LogP contribution is 2.31. The van der Waals surface area contributed by atoms with Crippen LogP contribution in [0.3, 0.4) is 0 Å². The third kappa shape index (κ3) is 3.71. The molecule has 0 saturated carbocycles. The molecule has 0 aliphatic carbocycles. The van der Waals surface area contributed by atoms with Crippen molar-refractivity contribution < 1.29 is 13.9 Å². The molecular weight excluding hydrogens is 363 g/mol. The minimum atomic E-state index is -0.355. The van der Waals surface area contributed by atoms with Crippen LogP contribution in [0.25, 0.3) is 0 Å². The molecule has 2 aromatic carbocycles. The fourth-order valence-electron chi connectivity index (χ4n) is 3.31. The molecule has 0 unspecified atom stereocenters. The van der Waals surface area contributed by atoms with Crippen LogP contribution in [0.15, 0.2) is 47.8 Å². The number of para-hydroxylation sites is 1. The number of ether oxygens (including phenoxy) is 1. The van der Waals surface area contributed by atoms with E-state index in [0.29, 0.717) is 30.2 Å². The second kappa shape index (κ2) is 7.48. The second-order valence-electron chi connectivity index (χ2n) is 6.48. The third-order valence-electron chi connectivity index (χ3n) is 4.55. The van der Waals surface area contributed by atoms with Gasteiger partial charge in [-0.2, -0.15) is 0 Å². The molecule has 1 amide bonds. The van der Waals surface area contributed by atoms with Gasteiger partial charge in [0.05, 0.1) is 16.4 Å². The van der Waals surface area contributed by atoms with Crippen LogP contribution in [0.1, 0.15) is 33.0 Å². The fourth-order valence-corrected chi connectivity index (χ4v) is 3.91. The lowest BCUT2D eigenvalue weighted by atomic mass is 10.0. The van der Waals surface area contributed by atoms with Crippen LogP contribution in [0.2, 0.25) is 0 Å². The van der Waals surface area contributed by atoms with Gasteiger partial charge in [0.1, 0.15) is 18.2 Å². The van der Waals surface area contributed by atoms with Crippen molar-refractivity contribution >= 4 is 22.9 Å². The predicted octanol–water partition coefficient (Wildman–Crippen LogP) is 4.76. The minimum absolute atomic E-state index is 0.212. The summed E-state index contributed by atoms with van der Waals surface area (Å²) in [7, 11) is 0. The summed E-state index contributed by atoms with van der Waals surface area (Å²) in [5, 5.41) is 2.95. The van der Waals surface area contributed by atoms with Crippen molar-refractivity contribution in [3.8, 4) is 5.75 Å². The van der Waals surface area contributed by atoms with Crippen molar-refractivity contribution in [1.82, 2.24) is 4.98 Å². The van der Waals surface area contributed by atoms with Gasteiger partial charge in [0, 0.05) is 17.5 Å². The zero-order chi connectivity index (χ0) is 18.8. The van der Waals surface area contributed by atoms with Gasteiger partial charge in [-0.3, -0.25) is 4.79 Å². The van der Waals surface area contributed by atoms with Crippen LogP contribution in [0, 0.1) is 12.7 Å². The molecule has 0 saturated heterocycles. The van der Waals surface area contributed by atoms with Gasteiger partial charge in [0.2, 0.25) is 0 Å². The summed E-state index contributed by atoms with van der Waals surface area (Å²) in [5.74, 6) is 0.0279. The monoisotopic (exact) mass is 382 g/mol. The summed E-state index contributed by atoms with van der Waals surface area (Å²) in [6, 6.07) is 12.0. The van der Waals surface area contributed by atoms with Gasteiger partial charge in [-0.1, -0.05) is 18.2 Å². The largest absolute Gasteiger partial charge is 0.487 e. The summed E-state index contributed by atoms with van der Waals surface area (Å²) in [6.45, 7) is 2.81. The van der Waals surface area contributed by atoms with Gasteiger partial charge >= 0.3 is 0 Å². The molecule has 3 aromatic rings. The first-order valence-corrected chi connectivity index (χ1v) is 9.73. The third-order valence-corrected chi connectivity index (χ3v) is 5.37. The van der Waals surface area contributed by atoms with Crippen LogP contribution in [0.4, 0.5) is 10.1 Å². The molecule has 1 aliphatic heterocycles. The van der Waals surface area contributed by atoms with E-state index in [1.807, 2.05) is 18.4 Å². The van der Waals surface area contributed by atoms with Gasteiger partial charge in [-0.05, 0) is 49.6 Å². The van der Waals surface area contributed by atoms with Gasteiger partial charge in [0.15, 0.2) is 0 Å². The first-order valence-electron chi connectivity index (χ1n) is 8.85. The number of carbonyl (C=O) groups excluding carboxylic acids is 1. The number of carbonyl (C=O) groups is 1. The van der Waals surface area contributed by atoms with E-state index >= 15 is 0 Å². The van der Waals surface area contributed by atoms with Crippen LogP contribution >= 0.6 is 11.3 Å². The Kier molecular flexibility index (Phi) is 4.90. The van der Waals surface area contributed by atoms with Gasteiger partial charge in [0.25, 0.3) is 5.91 Å². The fraction of sp³-hybridized carbons (Fsp3) is 0.238. The minimum Gasteiger partial charge on any atom is -0.487 e. The number of amides is 1. The molecule has 0 radical (unpaired) electrons. The number of hydrogen-bond acceptors (Lipinski definition) is 4. The highest BCUT2D eigenvalue weighted by molar-refractivity contribution is 7.09. The zero-order valence-corrected chi connectivity index (χ0v) is 15.8. The Morgan fingerprint density at radius 1 is 1.30 bits per heavy atom. The molecule has 1 aliphatic rings. The Balaban J connectivity index is 1.55. The Morgan fingerprint density at radius 2 is 2.15 bits per heavy atom. The number of hydrogen-bond donors (Lipinski definition) is 0. The maximum atomic E-state index is 14.4. The van der Waals surface area contributed by atoms with E-state index < -0.39 is 0 Å². The molecule has 138 valence electrons. The van der Waals surface area contributed by atoms with Crippen molar-refractivity contribution in [2.75, 3.05) is 11.4 Å². The van der Waals surface area contributed by atoms with Gasteiger partial charge in [-0.15, -0.1) is 11.3 Å². The van der Waals surface area contributed by atoms with Crippen molar-refractivity contribution in [2.45, 2.75) is 26.4 Å². The van der Waals surface area contributed by atoms with E-state index in [4.69, 9.17) is 4.74 Å². The average Bonchev–Trinajstić information content (AvgIpc) is 3.11. The lowest BCUT2D eigenvalue weighted by Crippen LogP contribution is -2.36. The number of anilines is 1. The molecular formula is C21H19FN2O2S. The topological polar surface area (TPSA) is 42.4 Å². The van der Waals surface area contributed by atoms with Gasteiger partial charge in [-0.25, -0.2) is 9.37 Å². The van der Waals surface area contributed by atoms with E-state index in [2.05, 4.69) is 4.98 Å². The molecule has 0 N–H and O–H groups in total. The quantitative estimate of drug-likeness (QED) is 0.653. The number of benzene rings is 2. The van der Waals surface area contributed by atoms with E-state index in [1.54, 1.807) is 41.7 Å². The number of aromatic nitrogens is 1. The maximum absolute atomic E-state index is 14.4. The molecule has 4 nitrogen and oxygen atoms in total. The second-order valence-corrected chi connectivity index (χ2v) is 7.54. The molecule has 0 fully saturated rings. The molecule has 4 rings (SSSR count). The molecule has 1 aromatic heterocycles. The Bertz CT molecular complexity index is 986. The summed E-state index contributed by atoms with van der Waals surface area (Å²) >= 11 is 1.57. The maximum Gasteiger partial charge on any atom is 0.258 e. The summed E-state index contributed by atoms with van der Waals surface area (Å²) < 4.78 is 20.1. The number of thiazole rings is 1. The SMILES string of the molecule is Cc1nc(COc2cccc(C(=O)N3CCCc4cccc(F)c43)c2)cs1. The number of aryl methyl sites for hydroxylation is 2. The summed E-state index contributed by atoms with van der Waals surface area (Å²) in [4.78, 5) is 18.9. The van der Waals surface area contributed by atoms with Crippen LogP contribution < -0.4 is 9.64 Å². The van der Waals surface area contributed by atoms with Crippen molar-refractivity contribution in [2.24, 2.45) is 0 Å². The first-order chi connectivity index (χ1) is 13.1. The number of halogens is 1. The molecule has 0 spiro atoms. The van der Waals surface area contributed by atoms with Crippen molar-refractivity contribution in [3.05, 3.63) is 75.5 Å². The molecule has 27 heavy (non-hydrogen) atoms. The highest BCUT2D eigenvalue weighted by Gasteiger charge is 2.26. The molecule has 2 heterocycles. The predicted molar refractivity (Wildman–Crippen MR) is 104 cm³/mol. The van der Waals surface area contributed by atoms with E-state index in [9.17, 15) is 9.18 Å². The lowest BCUT2D eigenvalue weighted by molar-refractivity contribution is 0.0983. The van der Waals surface area contributed by atoms with Crippen molar-refractivity contribution in [3.63, 3.8) is 0 Å². The van der Waals surface area contributed by atoms with E-state index in [0.717, 1.165) is 29.1 Å². The van der Waals surface area contributed by atoms with Gasteiger partial charge < -0.3 is 9.64 Å². The Morgan fingerprint density at radius 3 is 2.96 bits per heavy atom. The lowest BCUT2D eigenvalue weighted by Gasteiger charge is -2.30. The Labute approximate surface area is 161 Å². The van der Waals surface area contributed by atoms with Crippen molar-refractivity contribution in [1.29, 1.82) is 0 Å². The van der Waals surface area contributed by atoms with Crippen LogP contribution in [-0.2, 0) is 13.0 Å². The summed E-state index contributed by atoms with van der Waals surface area (Å²) in [5.41, 5.74) is 2.62. The van der Waals surface area contributed by atoms with E-state index in [-0.39, 0.29) is 11.7 Å². The molecule has 6 heteroatoms. The zero-order valence-electron chi connectivity index (χ0n) is 14.9. The Hall–Kier alpha value is -2.73. The normalized spacial score (nSPS) is 13.3. The number of nitrogens with zero attached hydrogens (tertiary/aromatic N) is 2. The number of rotatable bonds is 4. The first kappa shape index (κ1) is 17.7. The van der Waals surface area contributed by atoms with Crippen LogP contribution in [-0.4, -0.2) is 17.4 Å². The van der Waals surface area contributed by atoms with E-state index in [1.165, 1.54) is 11.0 Å². The smallest absolute Gasteiger partial charge is 0.258 e. The molecule has 0 bridgehead atoms. The number of fused-ring (bicyclic) bond motifs is 1. The molecule has 0 atom stereocenters. The van der Waals surface area contributed by atoms with Crippen LogP contribution in [0.5, 0.6) is 5.75 Å². The standard InChI is InChI=1S/C21H19FN2O2S/c1-14-23-17(13-27-14)12-26-18-8-2-6-16(11-18)21(25)24-10-4-7-15-5-3-9-19(22)20(15)24/h2-3,5-6,8-9,11,13H,4,7,10,12H2,1H3. The highest BCUT2D eigenvalue weighted by atomic mass is 32.1.